The molecule has 6 heterocycles. The number of phenolic OH excluding ortho intramolecular Hbond substituents is 1. The number of thiazole rings is 1. The minimum atomic E-state index is -0.935. The Kier molecular flexibility index (Phi) is 18.0. The molecule has 0 unspecified atom stereocenters. The van der Waals surface area contributed by atoms with E-state index < -0.39 is 35.8 Å². The maximum Gasteiger partial charge on any atom is 0.319 e. The van der Waals surface area contributed by atoms with E-state index in [4.69, 9.17) is 35.3 Å². The Balaban J connectivity index is 0.727. The second kappa shape index (κ2) is 25.6. The van der Waals surface area contributed by atoms with Crippen LogP contribution in [0, 0.1) is 30.0 Å². The van der Waals surface area contributed by atoms with Gasteiger partial charge in [-0.25, -0.2) is 9.37 Å². The second-order valence-corrected chi connectivity index (χ2v) is 22.6. The molecule has 3 aliphatic rings. The van der Waals surface area contributed by atoms with Gasteiger partial charge in [0.15, 0.2) is 11.6 Å². The zero-order valence-electron chi connectivity index (χ0n) is 46.3. The first kappa shape index (κ1) is 58.2. The molecule has 3 N–H and O–H groups in total. The van der Waals surface area contributed by atoms with Gasteiger partial charge in [0.05, 0.1) is 58.5 Å². The number of anilines is 1. The van der Waals surface area contributed by atoms with Crippen LogP contribution in [-0.4, -0.2) is 153 Å². The summed E-state index contributed by atoms with van der Waals surface area (Å²) in [6.07, 6.45) is 1.90. The standard InChI is InChI=1S/C61H64ClFN10O9S/c1-6-52(76)72-22-21-71(32-41(72)15-18-64)58-47-30-48(62)54(46-28-42(74)27-40-9-7-8-10-45(40)46)55(63)56(47)67-61(68-58)81-24-23-70-19-16-44(17-20-70)79-25-26-80-51-31-50(82-69-51)53(35(2)3)60(78)73-33-43(75)29-49(73)59(77)66-36(4)38-11-13-39(14-12-38)57-37(5)65-34-83-57/h6-14,27-28,30-31,34-35,41,43-44,49,53,74-75H,1,4,15-17,19-26,29,32-33H2,2-3,5H3,(H,66,77)/t41-,43+,49-,53-/m0/s1. The number of aliphatic hydroxyl groups is 1. The number of piperazine rings is 1. The van der Waals surface area contributed by atoms with E-state index in [1.807, 2.05) is 74.2 Å². The molecule has 22 heteroatoms. The number of rotatable bonds is 20. The molecule has 4 atom stereocenters. The average molecular weight is 1170 g/mol. The third-order valence-electron chi connectivity index (χ3n) is 15.5. The summed E-state index contributed by atoms with van der Waals surface area (Å²) < 4.78 is 41.2. The van der Waals surface area contributed by atoms with Crippen LogP contribution in [0.5, 0.6) is 17.6 Å². The van der Waals surface area contributed by atoms with Gasteiger partial charge in [-0.3, -0.25) is 19.3 Å². The monoisotopic (exact) mass is 1170 g/mol. The number of amides is 3. The van der Waals surface area contributed by atoms with Gasteiger partial charge in [-0.15, -0.1) is 11.3 Å². The summed E-state index contributed by atoms with van der Waals surface area (Å²) >= 11 is 8.50. The number of nitriles is 1. The third kappa shape index (κ3) is 12.8. The maximum atomic E-state index is 17.2. The molecule has 3 amide bonds. The maximum absolute atomic E-state index is 17.2. The Morgan fingerprint density at radius 2 is 1.77 bits per heavy atom. The number of ether oxygens (including phenoxy) is 3. The molecule has 3 aromatic heterocycles. The highest BCUT2D eigenvalue weighted by Gasteiger charge is 2.44. The lowest BCUT2D eigenvalue weighted by Crippen LogP contribution is -2.55. The van der Waals surface area contributed by atoms with Crippen LogP contribution in [0.4, 0.5) is 10.2 Å². The van der Waals surface area contributed by atoms with E-state index in [0.29, 0.717) is 65.0 Å². The summed E-state index contributed by atoms with van der Waals surface area (Å²) in [5.41, 5.74) is 5.23. The predicted molar refractivity (Wildman–Crippen MR) is 313 cm³/mol. The highest BCUT2D eigenvalue weighted by molar-refractivity contribution is 7.13. The number of nitrogens with zero attached hydrogens (tertiary/aromatic N) is 9. The van der Waals surface area contributed by atoms with Gasteiger partial charge in [0.1, 0.15) is 42.3 Å². The SMILES string of the molecule is C=CC(=O)N1CCN(c2nc(OCCN3CCC(OCCOc4cc([C@@H](C(=O)N5C[C@H](O)C[C@H]5C(=O)NC(=C)c5ccc(-c6scnc6C)cc5)C(C)C)on4)CC3)nc3c(F)c(-c4cc(O)cc5ccccc45)c(Cl)cc23)C[C@@H]1CC#N. The lowest BCUT2D eigenvalue weighted by Gasteiger charge is -2.41. The number of aliphatic hydroxyl groups excluding tert-OH is 1. The van der Waals surface area contributed by atoms with Crippen molar-refractivity contribution < 1.29 is 47.7 Å². The highest BCUT2D eigenvalue weighted by Crippen LogP contribution is 2.43. The summed E-state index contributed by atoms with van der Waals surface area (Å²) in [7, 11) is 0. The summed E-state index contributed by atoms with van der Waals surface area (Å²) in [6.45, 7) is 16.8. The third-order valence-corrected chi connectivity index (χ3v) is 16.8. The zero-order valence-corrected chi connectivity index (χ0v) is 47.9. The number of fused-ring (bicyclic) bond motifs is 2. The number of aromatic hydroxyl groups is 1. The van der Waals surface area contributed by atoms with Gasteiger partial charge in [-0.05, 0) is 82.6 Å². The zero-order chi connectivity index (χ0) is 58.5. The average Bonchev–Trinajstić information content (AvgIpc) is 4.00. The molecule has 0 bridgehead atoms. The minimum absolute atomic E-state index is 0.0197. The van der Waals surface area contributed by atoms with Crippen LogP contribution in [0.1, 0.15) is 62.5 Å². The normalized spacial score (nSPS) is 18.1. The van der Waals surface area contributed by atoms with E-state index in [1.54, 1.807) is 39.9 Å². The summed E-state index contributed by atoms with van der Waals surface area (Å²) in [5, 5.41) is 39.9. The predicted octanol–water partition coefficient (Wildman–Crippen LogP) is 8.91. The van der Waals surface area contributed by atoms with Crippen LogP contribution in [0.2, 0.25) is 5.02 Å². The number of hydrogen-bond donors (Lipinski definition) is 3. The fourth-order valence-corrected chi connectivity index (χ4v) is 12.4. The molecule has 10 rings (SSSR count). The van der Waals surface area contributed by atoms with E-state index in [1.165, 1.54) is 17.0 Å². The number of carbonyl (C=O) groups excluding carboxylic acids is 3. The molecule has 3 fully saturated rings. The van der Waals surface area contributed by atoms with E-state index in [2.05, 4.69) is 44.6 Å². The summed E-state index contributed by atoms with van der Waals surface area (Å²) in [5.74, 6) is -2.16. The van der Waals surface area contributed by atoms with Gasteiger partial charge in [-0.1, -0.05) is 87.1 Å². The van der Waals surface area contributed by atoms with Crippen molar-refractivity contribution in [1.82, 2.24) is 40.1 Å². The Bertz CT molecular complexity index is 3600. The largest absolute Gasteiger partial charge is 0.508 e. The Morgan fingerprint density at radius 3 is 2.51 bits per heavy atom. The molecule has 3 saturated heterocycles. The number of benzene rings is 4. The van der Waals surface area contributed by atoms with E-state index >= 15 is 4.39 Å². The number of aromatic nitrogens is 4. The molecule has 0 spiro atoms. The van der Waals surface area contributed by atoms with Crippen LogP contribution in [0.15, 0.2) is 102 Å². The van der Waals surface area contributed by atoms with E-state index in [-0.39, 0.29) is 116 Å². The number of halogens is 2. The van der Waals surface area contributed by atoms with Crippen LogP contribution < -0.4 is 19.7 Å². The summed E-state index contributed by atoms with van der Waals surface area (Å²) in [4.78, 5) is 62.7. The minimum Gasteiger partial charge on any atom is -0.508 e. The number of likely N-dealkylation sites (tertiary alicyclic amines) is 2. The molecule has 4 aromatic carbocycles. The van der Waals surface area contributed by atoms with E-state index in [0.717, 1.165) is 29.0 Å². The Labute approximate surface area is 488 Å². The topological polar surface area (TPSA) is 233 Å². The van der Waals surface area contributed by atoms with Gasteiger partial charge < -0.3 is 49.0 Å². The Hall–Kier alpha value is -8.00. The fraction of sp³-hybridized carbons (Fsp3) is 0.377. The number of aryl methyl sites for hydroxylation is 1. The van der Waals surface area contributed by atoms with Crippen LogP contribution in [-0.2, 0) is 19.1 Å². The van der Waals surface area contributed by atoms with Gasteiger partial charge in [-0.2, -0.15) is 15.2 Å². The van der Waals surface area contributed by atoms with Crippen LogP contribution in [0.25, 0.3) is 48.9 Å². The molecule has 432 valence electrons. The molecule has 83 heavy (non-hydrogen) atoms. The van der Waals surface area contributed by atoms with Gasteiger partial charge in [0, 0.05) is 74.9 Å². The number of phenols is 1. The Morgan fingerprint density at radius 1 is 0.988 bits per heavy atom. The van der Waals surface area contributed by atoms with Gasteiger partial charge >= 0.3 is 6.01 Å². The van der Waals surface area contributed by atoms with Crippen molar-refractivity contribution in [3.8, 4) is 45.3 Å². The van der Waals surface area contributed by atoms with Gasteiger partial charge in [0.2, 0.25) is 17.7 Å². The molecule has 3 aliphatic heterocycles. The van der Waals surface area contributed by atoms with Crippen LogP contribution in [0.3, 0.4) is 0 Å². The quantitative estimate of drug-likeness (QED) is 0.0477. The smallest absolute Gasteiger partial charge is 0.319 e. The number of hydrogen-bond acceptors (Lipinski definition) is 17. The lowest BCUT2D eigenvalue weighted by molar-refractivity contribution is -0.140. The van der Waals surface area contributed by atoms with Gasteiger partial charge in [0.25, 0.3) is 5.88 Å². The summed E-state index contributed by atoms with van der Waals surface area (Å²) in [6, 6.07) is 21.9. The molecular weight excluding hydrogens is 1100 g/mol. The van der Waals surface area contributed by atoms with Crippen molar-refractivity contribution in [2.75, 3.05) is 70.5 Å². The number of piperidine rings is 1. The van der Waals surface area contributed by atoms with Crippen molar-refractivity contribution in [3.05, 3.63) is 125 Å². The molecule has 19 nitrogen and oxygen atoms in total. The first-order valence-corrected chi connectivity index (χ1v) is 28.9. The molecular formula is C61H64ClFN10O9S. The molecule has 0 aliphatic carbocycles. The van der Waals surface area contributed by atoms with Crippen molar-refractivity contribution in [1.29, 1.82) is 5.26 Å². The molecule has 7 aromatic rings. The lowest BCUT2D eigenvalue weighted by atomic mass is 9.91. The van der Waals surface area contributed by atoms with Crippen molar-refractivity contribution >= 4 is 73.8 Å². The van der Waals surface area contributed by atoms with Crippen molar-refractivity contribution in [2.45, 2.75) is 76.7 Å². The van der Waals surface area contributed by atoms with E-state index in [9.17, 15) is 29.9 Å². The molecule has 0 radical (unpaired) electrons. The fourth-order valence-electron chi connectivity index (χ4n) is 11.3. The van der Waals surface area contributed by atoms with Crippen molar-refractivity contribution in [2.24, 2.45) is 5.92 Å². The second-order valence-electron chi connectivity index (χ2n) is 21.3. The first-order chi connectivity index (χ1) is 40.1. The van der Waals surface area contributed by atoms with Crippen LogP contribution >= 0.6 is 22.9 Å². The number of nitrogens with one attached hydrogen (secondary N) is 1. The van der Waals surface area contributed by atoms with Crippen molar-refractivity contribution in [3.63, 3.8) is 0 Å². The number of carbonyl (C=O) groups is 3. The highest BCUT2D eigenvalue weighted by atomic mass is 35.5. The number of β-amino-alcohol motifs (C(OH)–C–C–N with tert-alkyl or cyclic N) is 1. The first-order valence-electron chi connectivity index (χ1n) is 27.6. The molecule has 0 saturated carbocycles.